The number of hydrogen-bond donors (Lipinski definition) is 0. The van der Waals surface area contributed by atoms with Crippen LogP contribution in [0.4, 0.5) is 0 Å². The Labute approximate surface area is 126 Å². The zero-order valence-corrected chi connectivity index (χ0v) is 13.3. The Bertz CT molecular complexity index is 693. The third kappa shape index (κ3) is 2.44. The first kappa shape index (κ1) is 14.1. The fraction of sp³-hybridized carbons (Fsp3) is 0.421. The van der Waals surface area contributed by atoms with Crippen LogP contribution in [0.3, 0.4) is 0 Å². The Kier molecular flexibility index (Phi) is 3.27. The van der Waals surface area contributed by atoms with Gasteiger partial charge in [0.2, 0.25) is 0 Å². The molecule has 2 heteroatoms. The number of carbonyl (C=O) groups is 1. The molecule has 1 aliphatic carbocycles. The molecule has 110 valence electrons. The molecule has 0 aliphatic heterocycles. The van der Waals surface area contributed by atoms with Crippen molar-refractivity contribution in [2.75, 3.05) is 0 Å². The maximum atomic E-state index is 12.3. The Morgan fingerprint density at radius 3 is 2.57 bits per heavy atom. The monoisotopic (exact) mass is 281 g/mol. The lowest BCUT2D eigenvalue weighted by molar-refractivity contribution is 0.0909. The zero-order valence-electron chi connectivity index (χ0n) is 13.3. The average Bonchev–Trinajstić information content (AvgIpc) is 2.81. The van der Waals surface area contributed by atoms with E-state index in [9.17, 15) is 4.79 Å². The summed E-state index contributed by atoms with van der Waals surface area (Å²) >= 11 is 0. The third-order valence-corrected chi connectivity index (χ3v) is 4.67. The lowest BCUT2D eigenvalue weighted by Gasteiger charge is -2.31. The summed E-state index contributed by atoms with van der Waals surface area (Å²) in [4.78, 5) is 12.3. The van der Waals surface area contributed by atoms with Crippen LogP contribution in [0, 0.1) is 12.3 Å². The molecule has 21 heavy (non-hydrogen) atoms. The molecule has 1 atom stereocenters. The topological polar surface area (TPSA) is 22.0 Å². The number of ketones is 1. The van der Waals surface area contributed by atoms with Crippen molar-refractivity contribution in [3.63, 3.8) is 0 Å². The van der Waals surface area contributed by atoms with Gasteiger partial charge in [-0.05, 0) is 42.9 Å². The normalized spacial score (nSPS) is 18.4. The molecule has 0 saturated heterocycles. The predicted octanol–water partition coefficient (Wildman–Crippen LogP) is 4.56. The van der Waals surface area contributed by atoms with Gasteiger partial charge in [-0.1, -0.05) is 38.1 Å². The van der Waals surface area contributed by atoms with Gasteiger partial charge in [0.05, 0.1) is 6.04 Å². The van der Waals surface area contributed by atoms with Crippen molar-refractivity contribution in [2.24, 2.45) is 5.41 Å². The molecule has 0 fully saturated rings. The molecule has 0 amide bonds. The number of Topliss-reactive ketones (excluding diaryl/α,β-unsaturated/α-hetero) is 1. The first-order chi connectivity index (χ1) is 9.89. The molecule has 2 nitrogen and oxygen atoms in total. The van der Waals surface area contributed by atoms with Crippen molar-refractivity contribution in [3.8, 4) is 0 Å². The van der Waals surface area contributed by atoms with Gasteiger partial charge in [0.25, 0.3) is 0 Å². The minimum atomic E-state index is 0.0611. The Balaban J connectivity index is 2.06. The lowest BCUT2D eigenvalue weighted by Crippen LogP contribution is -2.28. The third-order valence-electron chi connectivity index (χ3n) is 4.67. The number of rotatable bonds is 2. The second-order valence-electron chi connectivity index (χ2n) is 7.06. The maximum absolute atomic E-state index is 12.3. The smallest absolute Gasteiger partial charge is 0.165 e. The second-order valence-corrected chi connectivity index (χ2v) is 7.06. The number of hydrogen-bond acceptors (Lipinski definition) is 1. The van der Waals surface area contributed by atoms with Crippen molar-refractivity contribution in [1.82, 2.24) is 4.57 Å². The molecular weight excluding hydrogens is 258 g/mol. The van der Waals surface area contributed by atoms with E-state index in [2.05, 4.69) is 62.7 Å². The second kappa shape index (κ2) is 4.87. The number of aryl methyl sites for hydroxylation is 1. The van der Waals surface area contributed by atoms with E-state index in [1.807, 2.05) is 6.07 Å². The largest absolute Gasteiger partial charge is 0.344 e. The molecule has 0 N–H and O–H groups in total. The highest BCUT2D eigenvalue weighted by molar-refractivity contribution is 5.98. The highest BCUT2D eigenvalue weighted by Crippen LogP contribution is 2.37. The van der Waals surface area contributed by atoms with E-state index in [1.165, 1.54) is 16.8 Å². The van der Waals surface area contributed by atoms with Crippen LogP contribution in [0.1, 0.15) is 60.4 Å². The molecule has 2 aromatic rings. The maximum Gasteiger partial charge on any atom is 0.165 e. The molecule has 0 radical (unpaired) electrons. The van der Waals surface area contributed by atoms with Crippen LogP contribution < -0.4 is 0 Å². The molecule has 3 rings (SSSR count). The zero-order chi connectivity index (χ0) is 15.2. The van der Waals surface area contributed by atoms with E-state index in [1.54, 1.807) is 0 Å². The Morgan fingerprint density at radius 1 is 1.14 bits per heavy atom. The van der Waals surface area contributed by atoms with Crippen LogP contribution >= 0.6 is 0 Å². The molecule has 0 spiro atoms. The summed E-state index contributed by atoms with van der Waals surface area (Å²) in [6, 6.07) is 10.8. The van der Waals surface area contributed by atoms with Crippen LogP contribution in [0.2, 0.25) is 0 Å². The highest BCUT2D eigenvalue weighted by Gasteiger charge is 2.33. The molecule has 0 bridgehead atoms. The minimum absolute atomic E-state index is 0.0611. The SMILES string of the molecule is Cc1ccccc1C(C)n1ccc2c1CC(C)(C)CC2=O. The van der Waals surface area contributed by atoms with Gasteiger partial charge in [0.15, 0.2) is 5.78 Å². The summed E-state index contributed by atoms with van der Waals surface area (Å²) in [7, 11) is 0. The number of carbonyl (C=O) groups excluding carboxylic acids is 1. The van der Waals surface area contributed by atoms with Crippen LogP contribution in [-0.2, 0) is 6.42 Å². The van der Waals surface area contributed by atoms with Gasteiger partial charge in [0, 0.05) is 23.9 Å². The van der Waals surface area contributed by atoms with E-state index in [4.69, 9.17) is 0 Å². The summed E-state index contributed by atoms with van der Waals surface area (Å²) in [6.45, 7) is 8.73. The molecule has 1 aliphatic rings. The fourth-order valence-corrected chi connectivity index (χ4v) is 3.53. The van der Waals surface area contributed by atoms with E-state index in [-0.39, 0.29) is 17.2 Å². The van der Waals surface area contributed by atoms with E-state index >= 15 is 0 Å². The van der Waals surface area contributed by atoms with E-state index < -0.39 is 0 Å². The molecular formula is C19H23NO. The van der Waals surface area contributed by atoms with Crippen molar-refractivity contribution >= 4 is 5.78 Å². The fourth-order valence-electron chi connectivity index (χ4n) is 3.53. The van der Waals surface area contributed by atoms with Gasteiger partial charge in [-0.2, -0.15) is 0 Å². The van der Waals surface area contributed by atoms with Crippen molar-refractivity contribution in [2.45, 2.75) is 46.6 Å². The summed E-state index contributed by atoms with van der Waals surface area (Å²) in [5.74, 6) is 0.289. The van der Waals surface area contributed by atoms with Gasteiger partial charge in [-0.25, -0.2) is 0 Å². The summed E-state index contributed by atoms with van der Waals surface area (Å²) in [5, 5.41) is 0. The van der Waals surface area contributed by atoms with Gasteiger partial charge in [0.1, 0.15) is 0 Å². The van der Waals surface area contributed by atoms with Crippen molar-refractivity contribution < 1.29 is 4.79 Å². The van der Waals surface area contributed by atoms with Crippen LogP contribution in [-0.4, -0.2) is 10.4 Å². The molecule has 1 aromatic carbocycles. The number of aromatic nitrogens is 1. The highest BCUT2D eigenvalue weighted by atomic mass is 16.1. The molecule has 1 heterocycles. The van der Waals surface area contributed by atoms with Crippen LogP contribution in [0.5, 0.6) is 0 Å². The Hall–Kier alpha value is -1.83. The number of benzene rings is 1. The van der Waals surface area contributed by atoms with Crippen molar-refractivity contribution in [3.05, 3.63) is 58.9 Å². The minimum Gasteiger partial charge on any atom is -0.344 e. The van der Waals surface area contributed by atoms with E-state index in [0.717, 1.165) is 12.0 Å². The number of nitrogens with zero attached hydrogens (tertiary/aromatic N) is 1. The van der Waals surface area contributed by atoms with Gasteiger partial charge < -0.3 is 4.57 Å². The average molecular weight is 281 g/mol. The van der Waals surface area contributed by atoms with Crippen LogP contribution in [0.25, 0.3) is 0 Å². The molecule has 1 unspecified atom stereocenters. The lowest BCUT2D eigenvalue weighted by atomic mass is 9.76. The summed E-state index contributed by atoms with van der Waals surface area (Å²) in [6.07, 6.45) is 3.71. The van der Waals surface area contributed by atoms with Crippen molar-refractivity contribution in [1.29, 1.82) is 0 Å². The molecule has 0 saturated carbocycles. The van der Waals surface area contributed by atoms with Gasteiger partial charge >= 0.3 is 0 Å². The first-order valence-electron chi connectivity index (χ1n) is 7.67. The summed E-state index contributed by atoms with van der Waals surface area (Å²) < 4.78 is 2.29. The van der Waals surface area contributed by atoms with E-state index in [0.29, 0.717) is 6.42 Å². The van der Waals surface area contributed by atoms with Gasteiger partial charge in [-0.3, -0.25) is 4.79 Å². The Morgan fingerprint density at radius 2 is 1.86 bits per heavy atom. The predicted molar refractivity (Wildman–Crippen MR) is 85.9 cm³/mol. The molecule has 1 aromatic heterocycles. The number of fused-ring (bicyclic) bond motifs is 1. The standard InChI is InChI=1S/C19H23NO/c1-13-7-5-6-8-15(13)14(2)20-10-9-16-17(20)11-19(3,4)12-18(16)21/h5-10,14H,11-12H2,1-4H3. The summed E-state index contributed by atoms with van der Waals surface area (Å²) in [5.41, 5.74) is 4.81. The first-order valence-corrected chi connectivity index (χ1v) is 7.67. The quantitative estimate of drug-likeness (QED) is 0.791. The van der Waals surface area contributed by atoms with Gasteiger partial charge in [-0.15, -0.1) is 0 Å². The van der Waals surface area contributed by atoms with Crippen LogP contribution in [0.15, 0.2) is 36.5 Å².